The van der Waals surface area contributed by atoms with E-state index in [0.717, 1.165) is 4.90 Å². The highest BCUT2D eigenvalue weighted by Gasteiger charge is 2.39. The largest absolute Gasteiger partial charge is 0.497 e. The van der Waals surface area contributed by atoms with Crippen molar-refractivity contribution in [2.24, 2.45) is 0 Å². The van der Waals surface area contributed by atoms with E-state index in [1.807, 2.05) is 0 Å². The quantitative estimate of drug-likeness (QED) is 0.226. The summed E-state index contributed by atoms with van der Waals surface area (Å²) in [5.74, 6) is -0.589. The molecule has 0 bridgehead atoms. The molecule has 4 aromatic rings. The van der Waals surface area contributed by atoms with Gasteiger partial charge in [0, 0.05) is 12.2 Å². The zero-order valence-electron chi connectivity index (χ0n) is 25.8. The van der Waals surface area contributed by atoms with Crippen molar-refractivity contribution in [1.29, 1.82) is 0 Å². The predicted octanol–water partition coefficient (Wildman–Crippen LogP) is 4.66. The number of carbonyl (C=O) groups is 4. The Morgan fingerprint density at radius 3 is 2.02 bits per heavy atom. The molecule has 5 rings (SSSR count). The molecule has 0 saturated carbocycles. The number of hydrogen-bond acceptors (Lipinski definition) is 8. The Morgan fingerprint density at radius 2 is 1.39 bits per heavy atom. The number of Topliss-reactive ketones (excluding diaryl/α,β-unsaturated/α-hetero) is 1. The predicted molar refractivity (Wildman–Crippen MR) is 171 cm³/mol. The minimum Gasteiger partial charge on any atom is -0.497 e. The van der Waals surface area contributed by atoms with Crippen molar-refractivity contribution in [3.8, 4) is 23.0 Å². The van der Waals surface area contributed by atoms with Gasteiger partial charge < -0.3 is 29.2 Å². The van der Waals surface area contributed by atoms with E-state index < -0.39 is 36.1 Å². The number of methoxy groups -OCH3 is 4. The van der Waals surface area contributed by atoms with Crippen LogP contribution in [0, 0.1) is 0 Å². The number of nitrogens with one attached hydrogen (secondary N) is 1. The van der Waals surface area contributed by atoms with Gasteiger partial charge in [0.15, 0.2) is 11.5 Å². The Balaban J connectivity index is 1.59. The van der Waals surface area contributed by atoms with Crippen molar-refractivity contribution < 1.29 is 38.1 Å². The number of benzene rings is 4. The standard InChI is InChI=1S/C35H33N3O8/c1-43-25-14-9-22(10-15-25)20-38(31(39)21-37-28-8-6-5-7-27(28)33(40)35(37)42)32(23-11-18-29(45-3)30(19-23)46-4)34(41)36-24-12-16-26(44-2)17-13-24/h5-19,32H,20-21H2,1-4H3,(H,36,41). The van der Waals surface area contributed by atoms with E-state index in [2.05, 4.69) is 5.32 Å². The summed E-state index contributed by atoms with van der Waals surface area (Å²) in [6.07, 6.45) is 0. The second-order valence-corrected chi connectivity index (χ2v) is 10.3. The Labute approximate surface area is 266 Å². The van der Waals surface area contributed by atoms with Crippen LogP contribution in [0.4, 0.5) is 11.4 Å². The molecule has 1 heterocycles. The molecule has 46 heavy (non-hydrogen) atoms. The van der Waals surface area contributed by atoms with Gasteiger partial charge in [-0.05, 0) is 71.8 Å². The summed E-state index contributed by atoms with van der Waals surface area (Å²) in [5.41, 5.74) is 2.15. The number of rotatable bonds is 12. The Morgan fingerprint density at radius 1 is 0.761 bits per heavy atom. The van der Waals surface area contributed by atoms with E-state index in [4.69, 9.17) is 18.9 Å². The zero-order chi connectivity index (χ0) is 32.8. The second kappa shape index (κ2) is 13.9. The maximum Gasteiger partial charge on any atom is 0.299 e. The molecule has 0 saturated heterocycles. The van der Waals surface area contributed by atoms with Crippen LogP contribution in [0.1, 0.15) is 27.5 Å². The third kappa shape index (κ3) is 6.48. The van der Waals surface area contributed by atoms with Crippen LogP contribution in [0.2, 0.25) is 0 Å². The van der Waals surface area contributed by atoms with E-state index in [9.17, 15) is 19.2 Å². The highest BCUT2D eigenvalue weighted by Crippen LogP contribution is 2.35. The molecule has 0 radical (unpaired) electrons. The van der Waals surface area contributed by atoms with Crippen LogP contribution in [-0.4, -0.2) is 63.4 Å². The third-order valence-electron chi connectivity index (χ3n) is 7.65. The van der Waals surface area contributed by atoms with Crippen LogP contribution in [0.25, 0.3) is 0 Å². The summed E-state index contributed by atoms with van der Waals surface area (Å²) < 4.78 is 21.5. The zero-order valence-corrected chi connectivity index (χ0v) is 25.8. The number of fused-ring (bicyclic) bond motifs is 1. The lowest BCUT2D eigenvalue weighted by Crippen LogP contribution is -2.46. The van der Waals surface area contributed by atoms with Gasteiger partial charge in [-0.2, -0.15) is 0 Å². The summed E-state index contributed by atoms with van der Waals surface area (Å²) in [7, 11) is 6.06. The van der Waals surface area contributed by atoms with Crippen LogP contribution >= 0.6 is 0 Å². The van der Waals surface area contributed by atoms with E-state index in [1.54, 1.807) is 105 Å². The van der Waals surface area contributed by atoms with Crippen LogP contribution in [0.3, 0.4) is 0 Å². The molecule has 11 heteroatoms. The summed E-state index contributed by atoms with van der Waals surface area (Å²) in [6, 6.07) is 24.1. The maximum absolute atomic E-state index is 14.4. The molecule has 11 nitrogen and oxygen atoms in total. The molecular weight excluding hydrogens is 590 g/mol. The van der Waals surface area contributed by atoms with Crippen LogP contribution in [0.15, 0.2) is 91.0 Å². The third-order valence-corrected chi connectivity index (χ3v) is 7.65. The molecule has 1 aliphatic heterocycles. The molecule has 4 aromatic carbocycles. The lowest BCUT2D eigenvalue weighted by Gasteiger charge is -2.33. The maximum atomic E-state index is 14.4. The lowest BCUT2D eigenvalue weighted by atomic mass is 10.0. The van der Waals surface area contributed by atoms with Gasteiger partial charge in [-0.3, -0.25) is 24.1 Å². The fourth-order valence-electron chi connectivity index (χ4n) is 5.26. The Hall–Kier alpha value is -5.84. The highest BCUT2D eigenvalue weighted by atomic mass is 16.5. The van der Waals surface area contributed by atoms with Crippen molar-refractivity contribution in [2.45, 2.75) is 12.6 Å². The Bertz CT molecular complexity index is 1750. The molecule has 1 N–H and O–H groups in total. The number of amides is 3. The minimum absolute atomic E-state index is 0.0184. The second-order valence-electron chi connectivity index (χ2n) is 10.3. The van der Waals surface area contributed by atoms with Crippen LogP contribution in [0.5, 0.6) is 23.0 Å². The minimum atomic E-state index is -1.21. The van der Waals surface area contributed by atoms with Crippen LogP contribution in [-0.2, 0) is 20.9 Å². The summed E-state index contributed by atoms with van der Waals surface area (Å²) in [4.78, 5) is 56.9. The fraction of sp³-hybridized carbons (Fsp3) is 0.200. The Kier molecular flexibility index (Phi) is 9.51. The molecule has 1 unspecified atom stereocenters. The van der Waals surface area contributed by atoms with Gasteiger partial charge in [0.05, 0.1) is 39.7 Å². The van der Waals surface area contributed by atoms with E-state index in [1.165, 1.54) is 19.1 Å². The first-order valence-electron chi connectivity index (χ1n) is 14.3. The first kappa shape index (κ1) is 31.6. The van der Waals surface area contributed by atoms with Gasteiger partial charge in [-0.1, -0.05) is 30.3 Å². The summed E-state index contributed by atoms with van der Waals surface area (Å²) in [6.45, 7) is -0.493. The molecule has 0 aliphatic carbocycles. The molecule has 1 aliphatic rings. The number of ether oxygens (including phenoxy) is 4. The van der Waals surface area contributed by atoms with Crippen molar-refractivity contribution in [3.05, 3.63) is 108 Å². The molecule has 0 aromatic heterocycles. The summed E-state index contributed by atoms with van der Waals surface area (Å²) >= 11 is 0. The van der Waals surface area contributed by atoms with E-state index in [0.29, 0.717) is 45.5 Å². The van der Waals surface area contributed by atoms with E-state index in [-0.39, 0.29) is 12.1 Å². The van der Waals surface area contributed by atoms with Crippen molar-refractivity contribution in [3.63, 3.8) is 0 Å². The van der Waals surface area contributed by atoms with Gasteiger partial charge in [-0.15, -0.1) is 0 Å². The fourth-order valence-corrected chi connectivity index (χ4v) is 5.26. The number of anilines is 2. The van der Waals surface area contributed by atoms with E-state index >= 15 is 0 Å². The van der Waals surface area contributed by atoms with Gasteiger partial charge >= 0.3 is 0 Å². The molecule has 0 spiro atoms. The average Bonchev–Trinajstić information content (AvgIpc) is 3.33. The lowest BCUT2D eigenvalue weighted by molar-refractivity contribution is -0.139. The number of carbonyl (C=O) groups excluding carboxylic acids is 4. The molecule has 236 valence electrons. The first-order chi connectivity index (χ1) is 22.3. The normalized spacial score (nSPS) is 12.7. The summed E-state index contributed by atoms with van der Waals surface area (Å²) in [5, 5.41) is 2.91. The van der Waals surface area contributed by atoms with Gasteiger partial charge in [0.25, 0.3) is 17.6 Å². The number of para-hydroxylation sites is 1. The molecule has 1 atom stereocenters. The SMILES string of the molecule is COc1ccc(CN(C(=O)CN2C(=O)C(=O)c3ccccc32)C(C(=O)Nc2ccc(OC)cc2)c2ccc(OC)c(OC)c2)cc1. The molecule has 0 fully saturated rings. The van der Waals surface area contributed by atoms with Gasteiger partial charge in [-0.25, -0.2) is 0 Å². The van der Waals surface area contributed by atoms with Crippen LogP contribution < -0.4 is 29.2 Å². The van der Waals surface area contributed by atoms with Gasteiger partial charge in [0.2, 0.25) is 5.91 Å². The first-order valence-corrected chi connectivity index (χ1v) is 14.3. The average molecular weight is 624 g/mol. The molecular formula is C35H33N3O8. The van der Waals surface area contributed by atoms with Gasteiger partial charge in [0.1, 0.15) is 24.1 Å². The van der Waals surface area contributed by atoms with Crippen molar-refractivity contribution in [1.82, 2.24) is 4.90 Å². The smallest absolute Gasteiger partial charge is 0.299 e. The highest BCUT2D eigenvalue weighted by molar-refractivity contribution is 6.52. The number of hydrogen-bond donors (Lipinski definition) is 1. The van der Waals surface area contributed by atoms with Crippen molar-refractivity contribution in [2.75, 3.05) is 45.2 Å². The monoisotopic (exact) mass is 623 g/mol. The molecule has 3 amide bonds. The van der Waals surface area contributed by atoms with Crippen molar-refractivity contribution >= 4 is 34.9 Å². The number of ketones is 1. The topological polar surface area (TPSA) is 124 Å². The number of nitrogens with zero attached hydrogens (tertiary/aromatic N) is 2.